The lowest BCUT2D eigenvalue weighted by Gasteiger charge is -2.12. The summed E-state index contributed by atoms with van der Waals surface area (Å²) in [6.07, 6.45) is 8.25. The normalized spacial score (nSPS) is 11.7. The minimum atomic E-state index is -0.345. The number of nitrogens with zero attached hydrogens (tertiary/aromatic N) is 3. The summed E-state index contributed by atoms with van der Waals surface area (Å²) in [5.41, 5.74) is 5.96. The standard InChI is InChI=1S/C30H27N3O2/c1-2-35-29(34)21-28(23-9-4-3-5-10-23)33-19-17-25-20-22(13-16-27(25)33)8-6-12-26-15-14-24-11-7-18-31-30(24)32-26/h3-5,7,9-11,13-21H,2,6,8,12H2,1H3/b28-21+. The molecule has 5 heteroatoms. The smallest absolute Gasteiger partial charge is 0.332 e. The van der Waals surface area contributed by atoms with Gasteiger partial charge in [-0.3, -0.25) is 0 Å². The third kappa shape index (κ3) is 5.14. The quantitative estimate of drug-likeness (QED) is 0.204. The predicted molar refractivity (Wildman–Crippen MR) is 140 cm³/mol. The van der Waals surface area contributed by atoms with Crippen molar-refractivity contribution in [3.05, 3.63) is 114 Å². The first-order valence-corrected chi connectivity index (χ1v) is 12.0. The van der Waals surface area contributed by atoms with Gasteiger partial charge in [0, 0.05) is 34.9 Å². The van der Waals surface area contributed by atoms with Gasteiger partial charge in [-0.1, -0.05) is 36.4 Å². The number of benzene rings is 2. The van der Waals surface area contributed by atoms with Crippen molar-refractivity contribution < 1.29 is 9.53 Å². The van der Waals surface area contributed by atoms with Gasteiger partial charge in [0.15, 0.2) is 5.65 Å². The first-order chi connectivity index (χ1) is 17.2. The van der Waals surface area contributed by atoms with Gasteiger partial charge in [-0.25, -0.2) is 14.8 Å². The number of pyridine rings is 2. The van der Waals surface area contributed by atoms with Crippen molar-refractivity contribution in [1.82, 2.24) is 14.5 Å². The van der Waals surface area contributed by atoms with Gasteiger partial charge < -0.3 is 9.30 Å². The molecule has 0 saturated heterocycles. The number of aryl methyl sites for hydroxylation is 2. The summed E-state index contributed by atoms with van der Waals surface area (Å²) in [6.45, 7) is 2.16. The van der Waals surface area contributed by atoms with Gasteiger partial charge in [-0.2, -0.15) is 0 Å². The summed E-state index contributed by atoms with van der Waals surface area (Å²) in [6, 6.07) is 26.7. The summed E-state index contributed by atoms with van der Waals surface area (Å²) in [4.78, 5) is 21.3. The van der Waals surface area contributed by atoms with Gasteiger partial charge in [0.2, 0.25) is 0 Å². The summed E-state index contributed by atoms with van der Waals surface area (Å²) in [7, 11) is 0. The lowest BCUT2D eigenvalue weighted by molar-refractivity contribution is -0.137. The number of hydrogen-bond acceptors (Lipinski definition) is 4. The van der Waals surface area contributed by atoms with Crippen LogP contribution in [0, 0.1) is 0 Å². The zero-order valence-corrected chi connectivity index (χ0v) is 19.7. The van der Waals surface area contributed by atoms with Crippen LogP contribution in [0.25, 0.3) is 27.6 Å². The number of rotatable bonds is 8. The fraction of sp³-hybridized carbons (Fsp3) is 0.167. The van der Waals surface area contributed by atoms with Crippen molar-refractivity contribution in [3.63, 3.8) is 0 Å². The van der Waals surface area contributed by atoms with Crippen LogP contribution in [0.4, 0.5) is 0 Å². The number of esters is 1. The fourth-order valence-corrected chi connectivity index (χ4v) is 4.36. The lowest BCUT2D eigenvalue weighted by Crippen LogP contribution is -2.05. The number of fused-ring (bicyclic) bond motifs is 2. The predicted octanol–water partition coefficient (Wildman–Crippen LogP) is 6.21. The van der Waals surface area contributed by atoms with Crippen LogP contribution < -0.4 is 0 Å². The summed E-state index contributed by atoms with van der Waals surface area (Å²) < 4.78 is 7.24. The Morgan fingerprint density at radius 2 is 1.83 bits per heavy atom. The van der Waals surface area contributed by atoms with E-state index < -0.39 is 0 Å². The van der Waals surface area contributed by atoms with Gasteiger partial charge in [0.25, 0.3) is 0 Å². The van der Waals surface area contributed by atoms with Crippen LogP contribution in [0.1, 0.15) is 30.2 Å². The van der Waals surface area contributed by atoms with Crippen LogP contribution >= 0.6 is 0 Å². The Labute approximate surface area is 204 Å². The average molecular weight is 462 g/mol. The van der Waals surface area contributed by atoms with Crippen LogP contribution in [-0.4, -0.2) is 27.1 Å². The topological polar surface area (TPSA) is 57.0 Å². The van der Waals surface area contributed by atoms with E-state index in [0.29, 0.717) is 6.61 Å². The average Bonchev–Trinajstić information content (AvgIpc) is 3.31. The van der Waals surface area contributed by atoms with Crippen molar-refractivity contribution in [1.29, 1.82) is 0 Å². The summed E-state index contributed by atoms with van der Waals surface area (Å²) in [5.74, 6) is -0.345. The second kappa shape index (κ2) is 10.3. The number of carbonyl (C=O) groups excluding carboxylic acids is 1. The minimum Gasteiger partial charge on any atom is -0.463 e. The molecule has 0 N–H and O–H groups in total. The van der Waals surface area contributed by atoms with E-state index in [0.717, 1.165) is 58.2 Å². The van der Waals surface area contributed by atoms with Crippen molar-refractivity contribution in [2.24, 2.45) is 0 Å². The summed E-state index contributed by atoms with van der Waals surface area (Å²) in [5, 5.41) is 2.21. The zero-order valence-electron chi connectivity index (χ0n) is 19.7. The highest BCUT2D eigenvalue weighted by atomic mass is 16.5. The lowest BCUT2D eigenvalue weighted by atomic mass is 10.0. The van der Waals surface area contributed by atoms with Crippen molar-refractivity contribution in [2.75, 3.05) is 6.61 Å². The Bertz CT molecular complexity index is 1500. The Morgan fingerprint density at radius 1 is 0.943 bits per heavy atom. The van der Waals surface area contributed by atoms with E-state index in [9.17, 15) is 4.79 Å². The molecule has 0 saturated carbocycles. The van der Waals surface area contributed by atoms with Gasteiger partial charge in [0.1, 0.15) is 0 Å². The van der Waals surface area contributed by atoms with E-state index in [4.69, 9.17) is 4.74 Å². The molecule has 35 heavy (non-hydrogen) atoms. The Kier molecular flexibility index (Phi) is 6.66. The molecule has 5 nitrogen and oxygen atoms in total. The number of carbonyl (C=O) groups is 1. The van der Waals surface area contributed by atoms with Gasteiger partial charge in [-0.05, 0) is 79.8 Å². The third-order valence-corrected chi connectivity index (χ3v) is 6.04. The van der Waals surface area contributed by atoms with Crippen molar-refractivity contribution in [3.8, 4) is 0 Å². The molecule has 174 valence electrons. The SMILES string of the molecule is CCOC(=O)/C=C(\c1ccccc1)n1ccc2cc(CCCc3ccc4cccnc4n3)ccc21. The highest BCUT2D eigenvalue weighted by Crippen LogP contribution is 2.26. The molecule has 0 bridgehead atoms. The molecule has 0 aliphatic carbocycles. The molecule has 0 atom stereocenters. The fourth-order valence-electron chi connectivity index (χ4n) is 4.36. The molecular formula is C30H27N3O2. The number of aromatic nitrogens is 3. The largest absolute Gasteiger partial charge is 0.463 e. The molecule has 0 radical (unpaired) electrons. The highest BCUT2D eigenvalue weighted by Gasteiger charge is 2.11. The molecule has 0 aliphatic rings. The molecule has 3 aromatic heterocycles. The van der Waals surface area contributed by atoms with Gasteiger partial charge >= 0.3 is 5.97 Å². The molecule has 3 heterocycles. The van der Waals surface area contributed by atoms with Crippen LogP contribution in [0.15, 0.2) is 97.3 Å². The maximum Gasteiger partial charge on any atom is 0.332 e. The Balaban J connectivity index is 1.35. The molecule has 5 rings (SSSR count). The molecule has 0 fully saturated rings. The highest BCUT2D eigenvalue weighted by molar-refractivity contribution is 5.94. The maximum atomic E-state index is 12.3. The molecule has 0 spiro atoms. The minimum absolute atomic E-state index is 0.345. The van der Waals surface area contributed by atoms with E-state index >= 15 is 0 Å². The first kappa shape index (κ1) is 22.5. The van der Waals surface area contributed by atoms with Crippen molar-refractivity contribution in [2.45, 2.75) is 26.2 Å². The number of ether oxygens (including phenoxy) is 1. The monoisotopic (exact) mass is 461 g/mol. The van der Waals surface area contributed by atoms with Crippen LogP contribution in [0.3, 0.4) is 0 Å². The first-order valence-electron chi connectivity index (χ1n) is 12.0. The molecule has 0 amide bonds. The van der Waals surface area contributed by atoms with E-state index in [-0.39, 0.29) is 5.97 Å². The van der Waals surface area contributed by atoms with Crippen molar-refractivity contribution >= 4 is 33.6 Å². The van der Waals surface area contributed by atoms with Gasteiger partial charge in [0.05, 0.1) is 17.8 Å². The molecule has 5 aromatic rings. The van der Waals surface area contributed by atoms with Crippen LogP contribution in [0.5, 0.6) is 0 Å². The van der Waals surface area contributed by atoms with E-state index in [2.05, 4.69) is 50.9 Å². The molecule has 0 aliphatic heterocycles. The van der Waals surface area contributed by atoms with E-state index in [1.54, 1.807) is 12.3 Å². The third-order valence-electron chi connectivity index (χ3n) is 6.04. The van der Waals surface area contributed by atoms with E-state index in [1.807, 2.05) is 55.6 Å². The van der Waals surface area contributed by atoms with Gasteiger partial charge in [-0.15, -0.1) is 0 Å². The number of hydrogen-bond donors (Lipinski definition) is 0. The summed E-state index contributed by atoms with van der Waals surface area (Å²) >= 11 is 0. The molecular weight excluding hydrogens is 434 g/mol. The van der Waals surface area contributed by atoms with Crippen LogP contribution in [-0.2, 0) is 22.4 Å². The Morgan fingerprint density at radius 3 is 2.69 bits per heavy atom. The second-order valence-electron chi connectivity index (χ2n) is 8.43. The molecule has 0 unspecified atom stereocenters. The maximum absolute atomic E-state index is 12.3. The molecule has 2 aromatic carbocycles. The zero-order chi connectivity index (χ0) is 24.0. The Hall–Kier alpha value is -4.25. The van der Waals surface area contributed by atoms with E-state index in [1.165, 1.54) is 5.56 Å². The van der Waals surface area contributed by atoms with Crippen LogP contribution in [0.2, 0.25) is 0 Å². The second-order valence-corrected chi connectivity index (χ2v) is 8.43.